The molecule has 1 amide bonds. The molecule has 148 valence electrons. The lowest BCUT2D eigenvalue weighted by Gasteiger charge is -2.30. The Balaban J connectivity index is 1.75. The monoisotopic (exact) mass is 390 g/mol. The van der Waals surface area contributed by atoms with Crippen LogP contribution in [0.5, 0.6) is 0 Å². The molecule has 0 aliphatic carbocycles. The Kier molecular flexibility index (Phi) is 5.12. The third kappa shape index (κ3) is 3.89. The number of nitro groups is 1. The van der Waals surface area contributed by atoms with Crippen molar-refractivity contribution in [3.63, 3.8) is 0 Å². The SMILES string of the molecule is CC1CCN(C(=O)c2cc(-c3ccccc3)nn2-c2ccc([N+](=O)[O-])cc2)CC1. The number of non-ortho nitro benzene ring substituents is 1. The van der Waals surface area contributed by atoms with E-state index in [9.17, 15) is 14.9 Å². The van der Waals surface area contributed by atoms with Gasteiger partial charge in [-0.1, -0.05) is 37.3 Å². The zero-order valence-corrected chi connectivity index (χ0v) is 16.2. The molecule has 7 heteroatoms. The molecule has 0 unspecified atom stereocenters. The summed E-state index contributed by atoms with van der Waals surface area (Å²) in [4.78, 5) is 25.7. The molecule has 1 aromatic heterocycles. The van der Waals surface area contributed by atoms with Crippen LogP contribution in [0.4, 0.5) is 5.69 Å². The van der Waals surface area contributed by atoms with Crippen LogP contribution in [-0.2, 0) is 0 Å². The van der Waals surface area contributed by atoms with Gasteiger partial charge in [0.05, 0.1) is 16.3 Å². The van der Waals surface area contributed by atoms with Gasteiger partial charge in [-0.15, -0.1) is 0 Å². The summed E-state index contributed by atoms with van der Waals surface area (Å²) in [6.07, 6.45) is 1.98. The molecule has 1 fully saturated rings. The number of hydrogen-bond acceptors (Lipinski definition) is 4. The van der Waals surface area contributed by atoms with Crippen LogP contribution in [0.3, 0.4) is 0 Å². The summed E-state index contributed by atoms with van der Waals surface area (Å²) in [6.45, 7) is 3.66. The summed E-state index contributed by atoms with van der Waals surface area (Å²) in [5.74, 6) is 0.559. The van der Waals surface area contributed by atoms with Gasteiger partial charge in [0, 0.05) is 30.8 Å². The number of rotatable bonds is 4. The highest BCUT2D eigenvalue weighted by Gasteiger charge is 2.26. The summed E-state index contributed by atoms with van der Waals surface area (Å²) in [5.41, 5.74) is 2.69. The molecule has 2 heterocycles. The lowest BCUT2D eigenvalue weighted by Crippen LogP contribution is -2.38. The lowest BCUT2D eigenvalue weighted by molar-refractivity contribution is -0.384. The van der Waals surface area contributed by atoms with E-state index in [2.05, 4.69) is 12.0 Å². The number of nitrogens with zero attached hydrogens (tertiary/aromatic N) is 4. The topological polar surface area (TPSA) is 81.3 Å². The van der Waals surface area contributed by atoms with Crippen molar-refractivity contribution in [1.29, 1.82) is 0 Å². The third-order valence-electron chi connectivity index (χ3n) is 5.37. The quantitative estimate of drug-likeness (QED) is 0.491. The average Bonchev–Trinajstić information content (AvgIpc) is 3.20. The highest BCUT2D eigenvalue weighted by molar-refractivity contribution is 5.94. The molecular formula is C22H22N4O3. The zero-order valence-electron chi connectivity index (χ0n) is 16.2. The first-order valence-corrected chi connectivity index (χ1v) is 9.72. The number of carbonyl (C=O) groups excluding carboxylic acids is 1. The first kappa shape index (κ1) is 18.9. The van der Waals surface area contributed by atoms with E-state index >= 15 is 0 Å². The van der Waals surface area contributed by atoms with Gasteiger partial charge >= 0.3 is 0 Å². The smallest absolute Gasteiger partial charge is 0.272 e. The molecule has 0 spiro atoms. The number of likely N-dealkylation sites (tertiary alicyclic amines) is 1. The van der Waals surface area contributed by atoms with Gasteiger partial charge in [0.15, 0.2) is 0 Å². The van der Waals surface area contributed by atoms with E-state index in [0.717, 1.165) is 31.5 Å². The van der Waals surface area contributed by atoms with Crippen LogP contribution in [0.2, 0.25) is 0 Å². The predicted octanol–water partition coefficient (Wildman–Crippen LogP) is 4.32. The molecule has 0 saturated carbocycles. The Morgan fingerprint density at radius 3 is 2.34 bits per heavy atom. The molecular weight excluding hydrogens is 368 g/mol. The van der Waals surface area contributed by atoms with Crippen molar-refractivity contribution in [1.82, 2.24) is 14.7 Å². The number of aromatic nitrogens is 2. The highest BCUT2D eigenvalue weighted by Crippen LogP contribution is 2.25. The molecule has 1 saturated heterocycles. The van der Waals surface area contributed by atoms with Crippen LogP contribution in [0, 0.1) is 16.0 Å². The van der Waals surface area contributed by atoms with Crippen molar-refractivity contribution in [3.8, 4) is 16.9 Å². The van der Waals surface area contributed by atoms with E-state index in [0.29, 0.717) is 23.0 Å². The second-order valence-corrected chi connectivity index (χ2v) is 7.44. The minimum absolute atomic E-state index is 0.00193. The van der Waals surface area contributed by atoms with E-state index in [4.69, 9.17) is 0 Å². The second-order valence-electron chi connectivity index (χ2n) is 7.44. The van der Waals surface area contributed by atoms with Crippen LogP contribution < -0.4 is 0 Å². The van der Waals surface area contributed by atoms with E-state index in [1.165, 1.54) is 12.1 Å². The van der Waals surface area contributed by atoms with Gasteiger partial charge in [-0.25, -0.2) is 4.68 Å². The molecule has 1 aliphatic rings. The number of nitro benzene ring substituents is 1. The molecule has 0 radical (unpaired) electrons. The summed E-state index contributed by atoms with van der Waals surface area (Å²) in [6, 6.07) is 17.6. The third-order valence-corrected chi connectivity index (χ3v) is 5.37. The van der Waals surface area contributed by atoms with Crippen molar-refractivity contribution >= 4 is 11.6 Å². The predicted molar refractivity (Wildman–Crippen MR) is 110 cm³/mol. The lowest BCUT2D eigenvalue weighted by atomic mass is 9.99. The van der Waals surface area contributed by atoms with Gasteiger partial charge in [0.1, 0.15) is 5.69 Å². The molecule has 0 N–H and O–H groups in total. The van der Waals surface area contributed by atoms with Gasteiger partial charge in [-0.2, -0.15) is 5.10 Å². The number of benzene rings is 2. The van der Waals surface area contributed by atoms with Crippen LogP contribution in [0.15, 0.2) is 60.7 Å². The minimum atomic E-state index is -0.441. The maximum atomic E-state index is 13.3. The Labute approximate surface area is 168 Å². The maximum Gasteiger partial charge on any atom is 0.272 e. The summed E-state index contributed by atoms with van der Waals surface area (Å²) in [7, 11) is 0. The first-order valence-electron chi connectivity index (χ1n) is 9.72. The molecule has 3 aromatic rings. The van der Waals surface area contributed by atoms with Gasteiger partial charge < -0.3 is 4.90 Å². The van der Waals surface area contributed by atoms with Crippen molar-refractivity contribution in [2.45, 2.75) is 19.8 Å². The largest absolute Gasteiger partial charge is 0.337 e. The fourth-order valence-electron chi connectivity index (χ4n) is 3.57. The Morgan fingerprint density at radius 1 is 1.07 bits per heavy atom. The molecule has 1 aliphatic heterocycles. The minimum Gasteiger partial charge on any atom is -0.337 e. The number of hydrogen-bond donors (Lipinski definition) is 0. The van der Waals surface area contributed by atoms with Crippen LogP contribution in [-0.4, -0.2) is 38.6 Å². The second kappa shape index (κ2) is 7.87. The average molecular weight is 390 g/mol. The highest BCUT2D eigenvalue weighted by atomic mass is 16.6. The first-order chi connectivity index (χ1) is 14.0. The van der Waals surface area contributed by atoms with Crippen molar-refractivity contribution < 1.29 is 9.72 Å². The number of amides is 1. The number of piperidine rings is 1. The van der Waals surface area contributed by atoms with E-state index < -0.39 is 4.92 Å². The van der Waals surface area contributed by atoms with Crippen LogP contribution >= 0.6 is 0 Å². The molecule has 7 nitrogen and oxygen atoms in total. The molecule has 2 aromatic carbocycles. The van der Waals surface area contributed by atoms with E-state index in [-0.39, 0.29) is 11.6 Å². The van der Waals surface area contributed by atoms with E-state index in [1.807, 2.05) is 35.2 Å². The standard InChI is InChI=1S/C22H22N4O3/c1-16-11-13-24(14-12-16)22(27)21-15-20(17-5-3-2-4-6-17)23-25(21)18-7-9-19(10-8-18)26(28)29/h2-10,15-16H,11-14H2,1H3. The van der Waals surface area contributed by atoms with E-state index in [1.54, 1.807) is 22.9 Å². The summed E-state index contributed by atoms with van der Waals surface area (Å²) >= 11 is 0. The maximum absolute atomic E-state index is 13.3. The van der Waals surface area contributed by atoms with Gasteiger partial charge in [-0.3, -0.25) is 14.9 Å². The van der Waals surface area contributed by atoms with Gasteiger partial charge in [-0.05, 0) is 37.0 Å². The summed E-state index contributed by atoms with van der Waals surface area (Å²) < 4.78 is 1.59. The fourth-order valence-corrected chi connectivity index (χ4v) is 3.57. The molecule has 0 atom stereocenters. The van der Waals surface area contributed by atoms with Gasteiger partial charge in [0.2, 0.25) is 0 Å². The normalized spacial score (nSPS) is 14.7. The Bertz CT molecular complexity index is 1020. The van der Waals surface area contributed by atoms with Crippen molar-refractivity contribution in [2.24, 2.45) is 5.92 Å². The number of carbonyl (C=O) groups is 1. The molecule has 29 heavy (non-hydrogen) atoms. The Morgan fingerprint density at radius 2 is 1.72 bits per heavy atom. The van der Waals surface area contributed by atoms with Crippen LogP contribution in [0.25, 0.3) is 16.9 Å². The molecule has 0 bridgehead atoms. The zero-order chi connectivity index (χ0) is 20.4. The van der Waals surface area contributed by atoms with Crippen molar-refractivity contribution in [2.75, 3.05) is 13.1 Å². The van der Waals surface area contributed by atoms with Crippen LogP contribution in [0.1, 0.15) is 30.3 Å². The molecule has 4 rings (SSSR count). The fraction of sp³-hybridized carbons (Fsp3) is 0.273. The summed E-state index contributed by atoms with van der Waals surface area (Å²) in [5, 5.41) is 15.6. The van der Waals surface area contributed by atoms with Gasteiger partial charge in [0.25, 0.3) is 11.6 Å². The van der Waals surface area contributed by atoms with Crippen molar-refractivity contribution in [3.05, 3.63) is 76.5 Å². The Hall–Kier alpha value is -3.48.